The zero-order valence-corrected chi connectivity index (χ0v) is 13.5. The molecule has 0 bridgehead atoms. The number of nitrogens with one attached hydrogen (secondary N) is 1. The molecule has 0 aliphatic carbocycles. The van der Waals surface area contributed by atoms with E-state index < -0.39 is 23.7 Å². The minimum absolute atomic E-state index is 0.0111. The summed E-state index contributed by atoms with van der Waals surface area (Å²) in [5.74, 6) is -0.622. The third kappa shape index (κ3) is 3.50. The molecule has 0 spiro atoms. The molecule has 8 heteroatoms. The average molecular weight is 346 g/mol. The molecule has 124 valence electrons. The Balaban J connectivity index is 2.28. The molecule has 1 N–H and O–H groups in total. The summed E-state index contributed by atoms with van der Waals surface area (Å²) in [6.45, 7) is 3.17. The van der Waals surface area contributed by atoms with Crippen molar-refractivity contribution in [1.82, 2.24) is 15.1 Å². The lowest BCUT2D eigenvalue weighted by molar-refractivity contribution is -0.138. The van der Waals surface area contributed by atoms with E-state index in [4.69, 9.17) is 11.6 Å². The molecular weight excluding hydrogens is 331 g/mol. The van der Waals surface area contributed by atoms with Gasteiger partial charge in [-0.05, 0) is 25.5 Å². The first-order valence-electron chi connectivity index (χ1n) is 6.79. The third-order valence-corrected chi connectivity index (χ3v) is 4.01. The Kier molecular flexibility index (Phi) is 4.70. The summed E-state index contributed by atoms with van der Waals surface area (Å²) in [5.41, 5.74) is -0.212. The van der Waals surface area contributed by atoms with Crippen LogP contribution in [-0.4, -0.2) is 15.7 Å². The van der Waals surface area contributed by atoms with Gasteiger partial charge in [-0.3, -0.25) is 9.48 Å². The largest absolute Gasteiger partial charge is 0.416 e. The Bertz CT molecular complexity index is 740. The average Bonchev–Trinajstić information content (AvgIpc) is 2.74. The molecule has 0 unspecified atom stereocenters. The van der Waals surface area contributed by atoms with Gasteiger partial charge < -0.3 is 5.32 Å². The number of carbonyl (C=O) groups is 1. The molecular formula is C15H15ClF3N3O. The van der Waals surface area contributed by atoms with Crippen LogP contribution in [-0.2, 0) is 13.2 Å². The van der Waals surface area contributed by atoms with Crippen LogP contribution < -0.4 is 5.32 Å². The lowest BCUT2D eigenvalue weighted by Gasteiger charge is -2.19. The number of alkyl halides is 3. The number of amides is 1. The monoisotopic (exact) mass is 345 g/mol. The van der Waals surface area contributed by atoms with E-state index in [1.807, 2.05) is 0 Å². The van der Waals surface area contributed by atoms with Crippen LogP contribution in [0.4, 0.5) is 13.2 Å². The normalized spacial score (nSPS) is 13.0. The van der Waals surface area contributed by atoms with Crippen molar-refractivity contribution in [3.63, 3.8) is 0 Å². The van der Waals surface area contributed by atoms with Gasteiger partial charge >= 0.3 is 6.18 Å². The van der Waals surface area contributed by atoms with Crippen molar-refractivity contribution in [2.24, 2.45) is 7.05 Å². The highest BCUT2D eigenvalue weighted by Crippen LogP contribution is 2.34. The minimum Gasteiger partial charge on any atom is -0.344 e. The number of hydrogen-bond acceptors (Lipinski definition) is 2. The number of nitrogens with zero attached hydrogens (tertiary/aromatic N) is 2. The topological polar surface area (TPSA) is 46.9 Å². The number of carbonyl (C=O) groups excluding carboxylic acids is 1. The Morgan fingerprint density at radius 2 is 1.96 bits per heavy atom. The van der Waals surface area contributed by atoms with Crippen LogP contribution in [0.1, 0.15) is 40.3 Å². The molecule has 1 heterocycles. The second kappa shape index (κ2) is 6.23. The number of aryl methyl sites for hydroxylation is 1. The van der Waals surface area contributed by atoms with Crippen molar-refractivity contribution in [2.75, 3.05) is 0 Å². The van der Waals surface area contributed by atoms with E-state index in [9.17, 15) is 18.0 Å². The molecule has 0 aliphatic rings. The summed E-state index contributed by atoms with van der Waals surface area (Å²) in [6, 6.07) is 4.26. The van der Waals surface area contributed by atoms with E-state index in [0.29, 0.717) is 5.69 Å². The Morgan fingerprint density at radius 1 is 1.35 bits per heavy atom. The molecule has 1 aromatic heterocycles. The number of rotatable bonds is 3. The van der Waals surface area contributed by atoms with E-state index in [1.54, 1.807) is 14.0 Å². The van der Waals surface area contributed by atoms with Crippen LogP contribution >= 0.6 is 11.6 Å². The molecule has 2 rings (SSSR count). The van der Waals surface area contributed by atoms with Crippen molar-refractivity contribution >= 4 is 17.5 Å². The van der Waals surface area contributed by atoms with Crippen molar-refractivity contribution < 1.29 is 18.0 Å². The fraction of sp³-hybridized carbons (Fsp3) is 0.333. The fourth-order valence-electron chi connectivity index (χ4n) is 2.20. The SMILES string of the molecule is Cc1c(Cl)c(C(=O)N[C@H](C)c2ccccc2C(F)(F)F)nn1C. The zero-order chi connectivity index (χ0) is 17.4. The first-order chi connectivity index (χ1) is 10.6. The molecule has 1 aromatic carbocycles. The number of hydrogen-bond donors (Lipinski definition) is 1. The summed E-state index contributed by atoms with van der Waals surface area (Å²) in [7, 11) is 1.63. The predicted molar refractivity (Wildman–Crippen MR) is 80.3 cm³/mol. The second-order valence-corrected chi connectivity index (χ2v) is 5.53. The van der Waals surface area contributed by atoms with Crippen LogP contribution in [0, 0.1) is 6.92 Å². The van der Waals surface area contributed by atoms with Gasteiger partial charge in [-0.2, -0.15) is 18.3 Å². The van der Waals surface area contributed by atoms with Crippen molar-refractivity contribution in [3.8, 4) is 0 Å². The van der Waals surface area contributed by atoms with Gasteiger partial charge in [0.2, 0.25) is 0 Å². The summed E-state index contributed by atoms with van der Waals surface area (Å²) < 4.78 is 40.6. The molecule has 1 atom stereocenters. The van der Waals surface area contributed by atoms with Crippen LogP contribution in [0.2, 0.25) is 5.02 Å². The van der Waals surface area contributed by atoms with Crippen LogP contribution in [0.15, 0.2) is 24.3 Å². The highest BCUT2D eigenvalue weighted by molar-refractivity contribution is 6.34. The minimum atomic E-state index is -4.49. The standard InChI is InChI=1S/C15H15ClF3N3O/c1-8(10-6-4-5-7-11(10)15(17,18)19)20-14(23)13-12(16)9(2)22(3)21-13/h4-8H,1-3H3,(H,20,23)/t8-/m1/s1. The predicted octanol–water partition coefficient (Wildman–Crippen LogP) is 3.89. The lowest BCUT2D eigenvalue weighted by atomic mass is 10.0. The van der Waals surface area contributed by atoms with Gasteiger partial charge in [0.25, 0.3) is 5.91 Å². The van der Waals surface area contributed by atoms with Crippen molar-refractivity contribution in [1.29, 1.82) is 0 Å². The van der Waals surface area contributed by atoms with Gasteiger partial charge in [-0.1, -0.05) is 29.8 Å². The summed E-state index contributed by atoms with van der Waals surface area (Å²) in [6.07, 6.45) is -4.49. The van der Waals surface area contributed by atoms with E-state index in [2.05, 4.69) is 10.4 Å². The smallest absolute Gasteiger partial charge is 0.344 e. The maximum atomic E-state index is 13.0. The van der Waals surface area contributed by atoms with Gasteiger partial charge in [-0.15, -0.1) is 0 Å². The summed E-state index contributed by atoms with van der Waals surface area (Å²) in [5, 5.41) is 6.67. The fourth-order valence-corrected chi connectivity index (χ4v) is 2.45. The lowest BCUT2D eigenvalue weighted by Crippen LogP contribution is -2.29. The number of halogens is 4. The Hall–Kier alpha value is -2.02. The van der Waals surface area contributed by atoms with Gasteiger partial charge in [0.05, 0.1) is 22.3 Å². The molecule has 4 nitrogen and oxygen atoms in total. The highest BCUT2D eigenvalue weighted by Gasteiger charge is 2.34. The Labute approximate surface area is 136 Å². The van der Waals surface area contributed by atoms with Gasteiger partial charge in [0, 0.05) is 7.05 Å². The first kappa shape index (κ1) is 17.3. The van der Waals surface area contributed by atoms with Gasteiger partial charge in [0.1, 0.15) is 0 Å². The molecule has 1 amide bonds. The molecule has 23 heavy (non-hydrogen) atoms. The van der Waals surface area contributed by atoms with E-state index in [1.165, 1.54) is 29.8 Å². The quantitative estimate of drug-likeness (QED) is 0.917. The molecule has 0 fully saturated rings. The van der Waals surface area contributed by atoms with Crippen LogP contribution in [0.5, 0.6) is 0 Å². The zero-order valence-electron chi connectivity index (χ0n) is 12.7. The van der Waals surface area contributed by atoms with Crippen molar-refractivity contribution in [3.05, 3.63) is 51.8 Å². The molecule has 0 aliphatic heterocycles. The maximum absolute atomic E-state index is 13.0. The van der Waals surface area contributed by atoms with E-state index in [-0.39, 0.29) is 16.3 Å². The van der Waals surface area contributed by atoms with Crippen LogP contribution in [0.3, 0.4) is 0 Å². The van der Waals surface area contributed by atoms with E-state index in [0.717, 1.165) is 6.07 Å². The number of benzene rings is 1. The summed E-state index contributed by atoms with van der Waals surface area (Å²) in [4.78, 5) is 12.2. The van der Waals surface area contributed by atoms with Crippen LogP contribution in [0.25, 0.3) is 0 Å². The highest BCUT2D eigenvalue weighted by atomic mass is 35.5. The molecule has 0 radical (unpaired) electrons. The first-order valence-corrected chi connectivity index (χ1v) is 7.16. The molecule has 2 aromatic rings. The molecule has 0 saturated carbocycles. The third-order valence-electron chi connectivity index (χ3n) is 3.56. The van der Waals surface area contributed by atoms with Crippen molar-refractivity contribution in [2.45, 2.75) is 26.1 Å². The van der Waals surface area contributed by atoms with E-state index >= 15 is 0 Å². The summed E-state index contributed by atoms with van der Waals surface area (Å²) >= 11 is 6.02. The number of aromatic nitrogens is 2. The second-order valence-electron chi connectivity index (χ2n) is 5.15. The molecule has 0 saturated heterocycles. The van der Waals surface area contributed by atoms with Gasteiger partial charge in [0.15, 0.2) is 5.69 Å². The maximum Gasteiger partial charge on any atom is 0.416 e. The van der Waals surface area contributed by atoms with Gasteiger partial charge in [-0.25, -0.2) is 0 Å². The Morgan fingerprint density at radius 3 is 2.48 bits per heavy atom.